The first-order valence-electron chi connectivity index (χ1n) is 16.3. The van der Waals surface area contributed by atoms with Crippen molar-refractivity contribution in [1.29, 1.82) is 0 Å². The first kappa shape index (κ1) is 34.2. The SMILES string of the molecule is CSc1cccc(-n2ccc(=O)c(-c3cc[n+](-c4ccccc4)[nH]3)n2)c1.CSc1cccc(-n2ccc(=O)c(-c3ccnn3-c3ccccc3)n2)c1. The molecule has 0 fully saturated rings. The van der Waals surface area contributed by atoms with Gasteiger partial charge >= 0.3 is 0 Å². The standard InChI is InChI=1S/2C20H16N4OS/c1-26-17-9-5-8-16(14-17)24-13-11-19(25)20(22-24)18-10-12-23(21-18)15-6-3-2-4-7-15;1-26-17-9-5-8-16(14-17)23-13-11-19(25)20(22-23)18-10-12-21-24(18)15-6-3-2-4-7-15/h2*2-14H,1H3/p+1. The second-order valence-electron chi connectivity index (χ2n) is 11.4. The molecule has 0 radical (unpaired) electrons. The van der Waals surface area contributed by atoms with Gasteiger partial charge in [-0.15, -0.1) is 23.5 Å². The summed E-state index contributed by atoms with van der Waals surface area (Å²) in [4.78, 5) is 27.1. The van der Waals surface area contributed by atoms with Gasteiger partial charge in [-0.05, 0) is 67.1 Å². The van der Waals surface area contributed by atoms with E-state index in [-0.39, 0.29) is 10.9 Å². The van der Waals surface area contributed by atoms with Gasteiger partial charge in [-0.1, -0.05) is 53.2 Å². The quantitative estimate of drug-likeness (QED) is 0.133. The summed E-state index contributed by atoms with van der Waals surface area (Å²) in [5, 5.41) is 16.7. The maximum atomic E-state index is 12.5. The van der Waals surface area contributed by atoms with Crippen molar-refractivity contribution >= 4 is 23.5 Å². The Bertz CT molecular complexity index is 2560. The highest BCUT2D eigenvalue weighted by atomic mass is 32.2. The Morgan fingerprint density at radius 3 is 1.77 bits per heavy atom. The third-order valence-electron chi connectivity index (χ3n) is 8.06. The number of thioether (sulfide) groups is 2. The summed E-state index contributed by atoms with van der Waals surface area (Å²) in [5.41, 5.74) is 5.52. The van der Waals surface area contributed by atoms with E-state index in [9.17, 15) is 9.59 Å². The van der Waals surface area contributed by atoms with Crippen LogP contribution in [0.2, 0.25) is 0 Å². The number of nitrogens with one attached hydrogen (secondary N) is 1. The summed E-state index contributed by atoms with van der Waals surface area (Å²) in [6.07, 6.45) is 11.0. The van der Waals surface area contributed by atoms with E-state index < -0.39 is 0 Å². The molecule has 12 heteroatoms. The van der Waals surface area contributed by atoms with Crippen LogP contribution in [0.25, 0.3) is 45.5 Å². The van der Waals surface area contributed by atoms with E-state index in [1.807, 2.05) is 139 Å². The molecule has 4 aromatic carbocycles. The lowest BCUT2D eigenvalue weighted by molar-refractivity contribution is -0.654. The summed E-state index contributed by atoms with van der Waals surface area (Å²) in [7, 11) is 0. The summed E-state index contributed by atoms with van der Waals surface area (Å²) in [6, 6.07) is 42.4. The molecule has 8 aromatic rings. The summed E-state index contributed by atoms with van der Waals surface area (Å²) in [6.45, 7) is 0. The zero-order valence-corrected chi connectivity index (χ0v) is 29.9. The van der Waals surface area contributed by atoms with Crippen LogP contribution in [0.3, 0.4) is 0 Å². The van der Waals surface area contributed by atoms with Crippen LogP contribution in [0.15, 0.2) is 178 Å². The number of H-pyrrole nitrogens is 1. The second-order valence-corrected chi connectivity index (χ2v) is 13.1. The number of para-hydroxylation sites is 2. The van der Waals surface area contributed by atoms with Gasteiger partial charge in [-0.3, -0.25) is 9.59 Å². The molecule has 4 heterocycles. The van der Waals surface area contributed by atoms with E-state index in [4.69, 9.17) is 0 Å². The van der Waals surface area contributed by atoms with Crippen molar-refractivity contribution in [3.63, 3.8) is 0 Å². The zero-order chi connectivity index (χ0) is 35.9. The molecule has 10 nitrogen and oxygen atoms in total. The largest absolute Gasteiger partial charge is 0.287 e. The number of hydrogen-bond acceptors (Lipinski definition) is 7. The van der Waals surface area contributed by atoms with Gasteiger partial charge in [0.25, 0.3) is 0 Å². The molecule has 1 N–H and O–H groups in total. The topological polar surface area (TPSA) is 107 Å². The molecule has 0 unspecified atom stereocenters. The van der Waals surface area contributed by atoms with E-state index in [1.165, 1.54) is 6.07 Å². The van der Waals surface area contributed by atoms with Crippen molar-refractivity contribution in [3.8, 4) is 45.5 Å². The van der Waals surface area contributed by atoms with Gasteiger partial charge in [-0.2, -0.15) is 20.4 Å². The lowest BCUT2D eigenvalue weighted by Crippen LogP contribution is -2.31. The molecule has 0 saturated carbocycles. The minimum Gasteiger partial charge on any atom is -0.287 e. The Hall–Kier alpha value is -6.24. The van der Waals surface area contributed by atoms with Crippen molar-refractivity contribution in [2.75, 3.05) is 12.5 Å². The van der Waals surface area contributed by atoms with Crippen LogP contribution in [0.5, 0.6) is 0 Å². The summed E-state index contributed by atoms with van der Waals surface area (Å²) in [5.74, 6) is 0. The average molecular weight is 722 g/mol. The minimum absolute atomic E-state index is 0.121. The Morgan fingerprint density at radius 2 is 1.15 bits per heavy atom. The smallest absolute Gasteiger partial charge is 0.235 e. The Kier molecular flexibility index (Phi) is 10.4. The van der Waals surface area contributed by atoms with Crippen molar-refractivity contribution in [2.24, 2.45) is 0 Å². The molecule has 0 aliphatic carbocycles. The van der Waals surface area contributed by atoms with Gasteiger partial charge in [0.15, 0.2) is 11.4 Å². The van der Waals surface area contributed by atoms with Gasteiger partial charge in [0, 0.05) is 52.5 Å². The maximum Gasteiger partial charge on any atom is 0.235 e. The summed E-state index contributed by atoms with van der Waals surface area (Å²) < 4.78 is 7.04. The second kappa shape index (κ2) is 15.8. The maximum absolute atomic E-state index is 12.5. The van der Waals surface area contributed by atoms with E-state index in [1.54, 1.807) is 68.3 Å². The molecule has 256 valence electrons. The fourth-order valence-electron chi connectivity index (χ4n) is 5.45. The molecule has 0 spiro atoms. The highest BCUT2D eigenvalue weighted by molar-refractivity contribution is 7.98. The van der Waals surface area contributed by atoms with Gasteiger partial charge in [0.05, 0.1) is 29.0 Å². The Balaban J connectivity index is 0.000000162. The fraction of sp³-hybridized carbons (Fsp3) is 0.0500. The van der Waals surface area contributed by atoms with E-state index >= 15 is 0 Å². The zero-order valence-electron chi connectivity index (χ0n) is 28.3. The Labute approximate surface area is 308 Å². The van der Waals surface area contributed by atoms with Gasteiger partial charge < -0.3 is 0 Å². The number of benzene rings is 4. The van der Waals surface area contributed by atoms with Gasteiger partial charge in [-0.25, -0.2) is 14.0 Å². The highest BCUT2D eigenvalue weighted by Crippen LogP contribution is 2.21. The molecular weight excluding hydrogens is 689 g/mol. The third kappa shape index (κ3) is 7.58. The van der Waals surface area contributed by atoms with Crippen LogP contribution >= 0.6 is 23.5 Å². The van der Waals surface area contributed by atoms with Crippen molar-refractivity contribution < 1.29 is 4.68 Å². The monoisotopic (exact) mass is 721 g/mol. The number of aromatic nitrogens is 8. The average Bonchev–Trinajstić information content (AvgIpc) is 3.91. The number of rotatable bonds is 8. The molecule has 0 bridgehead atoms. The molecular formula is C40H33N8O2S2+. The van der Waals surface area contributed by atoms with Crippen LogP contribution in [-0.2, 0) is 0 Å². The molecule has 0 atom stereocenters. The van der Waals surface area contributed by atoms with Crippen molar-refractivity contribution in [1.82, 2.24) is 34.4 Å². The van der Waals surface area contributed by atoms with E-state index in [0.717, 1.165) is 32.5 Å². The van der Waals surface area contributed by atoms with Crippen LogP contribution in [0, 0.1) is 0 Å². The van der Waals surface area contributed by atoms with E-state index in [2.05, 4.69) is 20.4 Å². The van der Waals surface area contributed by atoms with Crippen LogP contribution in [0.4, 0.5) is 0 Å². The molecule has 8 rings (SSSR count). The van der Waals surface area contributed by atoms with E-state index in [0.29, 0.717) is 22.8 Å². The highest BCUT2D eigenvalue weighted by Gasteiger charge is 2.16. The molecule has 52 heavy (non-hydrogen) atoms. The minimum atomic E-state index is -0.139. The van der Waals surface area contributed by atoms with Crippen LogP contribution in [0.1, 0.15) is 0 Å². The Morgan fingerprint density at radius 1 is 0.596 bits per heavy atom. The lowest BCUT2D eigenvalue weighted by atomic mass is 10.2. The molecule has 0 aliphatic heterocycles. The number of aromatic amines is 1. The lowest BCUT2D eigenvalue weighted by Gasteiger charge is -2.10. The summed E-state index contributed by atoms with van der Waals surface area (Å²) >= 11 is 3.34. The van der Waals surface area contributed by atoms with Crippen molar-refractivity contribution in [2.45, 2.75) is 9.79 Å². The molecule has 0 saturated heterocycles. The van der Waals surface area contributed by atoms with Gasteiger partial charge in [0.2, 0.25) is 22.7 Å². The molecule has 0 aliphatic rings. The predicted molar refractivity (Wildman–Crippen MR) is 207 cm³/mol. The number of hydrogen-bond donors (Lipinski definition) is 1. The van der Waals surface area contributed by atoms with Gasteiger partial charge in [0.1, 0.15) is 5.69 Å². The first-order chi connectivity index (χ1) is 25.5. The first-order valence-corrected chi connectivity index (χ1v) is 18.7. The molecule has 0 amide bonds. The van der Waals surface area contributed by atoms with Crippen molar-refractivity contribution in [3.05, 3.63) is 179 Å². The number of nitrogens with zero attached hydrogens (tertiary/aromatic N) is 7. The van der Waals surface area contributed by atoms with Crippen LogP contribution < -0.4 is 15.5 Å². The third-order valence-corrected chi connectivity index (χ3v) is 9.51. The molecule has 4 aromatic heterocycles. The normalized spacial score (nSPS) is 10.8. The van der Waals surface area contributed by atoms with Crippen LogP contribution in [-0.4, -0.2) is 47.0 Å². The fourth-order valence-corrected chi connectivity index (χ4v) is 6.36. The predicted octanol–water partition coefficient (Wildman–Crippen LogP) is 7.03.